The van der Waals surface area contributed by atoms with Gasteiger partial charge in [0.25, 0.3) is 5.91 Å². The summed E-state index contributed by atoms with van der Waals surface area (Å²) >= 11 is 7.46. The minimum absolute atomic E-state index is 0.196. The van der Waals surface area contributed by atoms with Crippen molar-refractivity contribution in [3.8, 4) is 11.1 Å². The summed E-state index contributed by atoms with van der Waals surface area (Å²) in [5.74, 6) is -1.44. The van der Waals surface area contributed by atoms with Gasteiger partial charge in [0, 0.05) is 27.1 Å². The van der Waals surface area contributed by atoms with Gasteiger partial charge in [-0.3, -0.25) is 4.79 Å². The van der Waals surface area contributed by atoms with Crippen molar-refractivity contribution in [2.24, 2.45) is 0 Å². The molecule has 2 aromatic carbocycles. The third kappa shape index (κ3) is 4.18. The van der Waals surface area contributed by atoms with Gasteiger partial charge in [-0.15, -0.1) is 11.3 Å². The minimum atomic E-state index is -0.553. The number of hydrogen-bond donors (Lipinski definition) is 1. The number of carbonyl (C=O) groups is 2. The van der Waals surface area contributed by atoms with Crippen molar-refractivity contribution >= 4 is 39.8 Å². The first-order valence-corrected chi connectivity index (χ1v) is 9.37. The van der Waals surface area contributed by atoms with Crippen LogP contribution < -0.4 is 5.32 Å². The fraction of sp³-hybridized carbons (Fsp3) is 0.100. The number of thiophene rings is 1. The van der Waals surface area contributed by atoms with Crippen molar-refractivity contribution in [2.45, 2.75) is 6.92 Å². The van der Waals surface area contributed by atoms with Crippen molar-refractivity contribution in [2.75, 3.05) is 11.9 Å². The molecule has 3 aromatic rings. The lowest BCUT2D eigenvalue weighted by Crippen LogP contribution is -2.14. The number of ether oxygens (including phenoxy) is 1. The first-order chi connectivity index (χ1) is 13.0. The molecule has 1 heterocycles. The molecular formula is C20H15ClFNO3S. The van der Waals surface area contributed by atoms with Crippen molar-refractivity contribution < 1.29 is 18.7 Å². The Kier molecular flexibility index (Phi) is 5.88. The van der Waals surface area contributed by atoms with Crippen molar-refractivity contribution in [1.29, 1.82) is 0 Å². The Balaban J connectivity index is 2.00. The topological polar surface area (TPSA) is 55.4 Å². The van der Waals surface area contributed by atoms with Crippen LogP contribution in [0.25, 0.3) is 11.1 Å². The summed E-state index contributed by atoms with van der Waals surface area (Å²) < 4.78 is 18.2. The molecule has 0 atom stereocenters. The van der Waals surface area contributed by atoms with E-state index in [2.05, 4.69) is 5.32 Å². The molecule has 1 amide bonds. The molecule has 138 valence electrons. The summed E-state index contributed by atoms with van der Waals surface area (Å²) in [5.41, 5.74) is 1.77. The average molecular weight is 404 g/mol. The third-order valence-corrected chi connectivity index (χ3v) is 4.99. The molecule has 0 aliphatic carbocycles. The summed E-state index contributed by atoms with van der Waals surface area (Å²) in [6.07, 6.45) is 0. The van der Waals surface area contributed by atoms with E-state index in [1.54, 1.807) is 30.5 Å². The Hall–Kier alpha value is -2.70. The Bertz CT molecular complexity index is 985. The van der Waals surface area contributed by atoms with E-state index in [0.29, 0.717) is 21.2 Å². The molecule has 4 nitrogen and oxygen atoms in total. The van der Waals surface area contributed by atoms with Crippen LogP contribution in [0.5, 0.6) is 0 Å². The van der Waals surface area contributed by atoms with Crippen LogP contribution in [0.15, 0.2) is 53.9 Å². The predicted octanol–water partition coefficient (Wildman–Crippen LogP) is 5.64. The highest BCUT2D eigenvalue weighted by Gasteiger charge is 2.24. The second kappa shape index (κ2) is 8.33. The number of anilines is 1. The number of benzene rings is 2. The van der Waals surface area contributed by atoms with Crippen LogP contribution in [0.3, 0.4) is 0 Å². The predicted molar refractivity (Wildman–Crippen MR) is 105 cm³/mol. The molecule has 27 heavy (non-hydrogen) atoms. The van der Waals surface area contributed by atoms with Gasteiger partial charge in [0.2, 0.25) is 0 Å². The highest BCUT2D eigenvalue weighted by atomic mass is 35.5. The molecule has 0 saturated carbocycles. The highest BCUT2D eigenvalue weighted by Crippen LogP contribution is 2.39. The van der Waals surface area contributed by atoms with Gasteiger partial charge >= 0.3 is 5.97 Å². The van der Waals surface area contributed by atoms with Crippen molar-refractivity contribution in [3.63, 3.8) is 0 Å². The Morgan fingerprint density at radius 3 is 2.48 bits per heavy atom. The number of amides is 1. The van der Waals surface area contributed by atoms with E-state index in [-0.39, 0.29) is 17.7 Å². The Morgan fingerprint density at radius 1 is 1.11 bits per heavy atom. The molecular weight excluding hydrogens is 389 g/mol. The van der Waals surface area contributed by atoms with Crippen LogP contribution in [-0.4, -0.2) is 18.5 Å². The summed E-state index contributed by atoms with van der Waals surface area (Å²) in [6, 6.07) is 12.3. The number of esters is 1. The monoisotopic (exact) mass is 403 g/mol. The zero-order valence-corrected chi connectivity index (χ0v) is 15.9. The SMILES string of the molecule is CCOC(=O)c1c(-c2ccccc2Cl)csc1NC(=O)c1ccc(F)cc1. The third-order valence-electron chi connectivity index (χ3n) is 3.77. The first kappa shape index (κ1) is 19.1. The van der Waals surface area contributed by atoms with E-state index in [0.717, 1.165) is 0 Å². The summed E-state index contributed by atoms with van der Waals surface area (Å²) in [4.78, 5) is 25.0. The highest BCUT2D eigenvalue weighted by molar-refractivity contribution is 7.15. The fourth-order valence-corrected chi connectivity index (χ4v) is 3.69. The van der Waals surface area contributed by atoms with E-state index in [9.17, 15) is 14.0 Å². The van der Waals surface area contributed by atoms with Crippen molar-refractivity contribution in [1.82, 2.24) is 0 Å². The van der Waals surface area contributed by atoms with Crippen LogP contribution in [0.4, 0.5) is 9.39 Å². The lowest BCUT2D eigenvalue weighted by molar-refractivity contribution is 0.0529. The van der Waals surface area contributed by atoms with Crippen LogP contribution in [-0.2, 0) is 4.74 Å². The van der Waals surface area contributed by atoms with Crippen LogP contribution in [0, 0.1) is 5.82 Å². The molecule has 7 heteroatoms. The van der Waals surface area contributed by atoms with E-state index in [1.165, 1.54) is 35.6 Å². The Morgan fingerprint density at radius 2 is 1.81 bits per heavy atom. The molecule has 0 saturated heterocycles. The standard InChI is InChI=1S/C20H15ClFNO3S/c1-2-26-20(25)17-15(14-5-3-4-6-16(14)21)11-27-19(17)23-18(24)12-7-9-13(22)10-8-12/h3-11H,2H2,1H3,(H,23,24). The van der Waals surface area contributed by atoms with Crippen LogP contribution >= 0.6 is 22.9 Å². The number of rotatable bonds is 5. The molecule has 0 spiro atoms. The van der Waals surface area contributed by atoms with Crippen LogP contribution in [0.2, 0.25) is 5.02 Å². The molecule has 0 bridgehead atoms. The maximum Gasteiger partial charge on any atom is 0.341 e. The van der Waals surface area contributed by atoms with Crippen molar-refractivity contribution in [3.05, 3.63) is 75.9 Å². The van der Waals surface area contributed by atoms with Gasteiger partial charge in [-0.2, -0.15) is 0 Å². The van der Waals surface area contributed by atoms with E-state index in [1.807, 2.05) is 6.07 Å². The Labute approximate surface area is 164 Å². The smallest absolute Gasteiger partial charge is 0.341 e. The van der Waals surface area contributed by atoms with Gasteiger partial charge in [-0.05, 0) is 37.3 Å². The van der Waals surface area contributed by atoms with Gasteiger partial charge < -0.3 is 10.1 Å². The number of hydrogen-bond acceptors (Lipinski definition) is 4. The van der Waals surface area contributed by atoms with E-state index < -0.39 is 17.7 Å². The molecule has 0 fully saturated rings. The molecule has 0 unspecified atom stereocenters. The molecule has 0 radical (unpaired) electrons. The molecule has 3 rings (SSSR count). The van der Waals surface area contributed by atoms with Gasteiger partial charge in [-0.25, -0.2) is 9.18 Å². The fourth-order valence-electron chi connectivity index (χ4n) is 2.51. The lowest BCUT2D eigenvalue weighted by Gasteiger charge is -2.09. The second-order valence-corrected chi connectivity index (χ2v) is 6.80. The van der Waals surface area contributed by atoms with Gasteiger partial charge in [0.05, 0.1) is 6.61 Å². The van der Waals surface area contributed by atoms with Gasteiger partial charge in [0.15, 0.2) is 0 Å². The maximum absolute atomic E-state index is 13.1. The van der Waals surface area contributed by atoms with Gasteiger partial charge in [0.1, 0.15) is 16.4 Å². The average Bonchev–Trinajstić information content (AvgIpc) is 3.06. The quantitative estimate of drug-likeness (QED) is 0.561. The second-order valence-electron chi connectivity index (χ2n) is 5.51. The molecule has 1 N–H and O–H groups in total. The molecule has 0 aliphatic rings. The lowest BCUT2D eigenvalue weighted by atomic mass is 10.0. The first-order valence-electron chi connectivity index (χ1n) is 8.11. The summed E-state index contributed by atoms with van der Waals surface area (Å²) in [6.45, 7) is 1.90. The van der Waals surface area contributed by atoms with E-state index in [4.69, 9.17) is 16.3 Å². The number of nitrogens with one attached hydrogen (secondary N) is 1. The van der Waals surface area contributed by atoms with Crippen LogP contribution in [0.1, 0.15) is 27.6 Å². The normalized spacial score (nSPS) is 10.5. The molecule has 1 aromatic heterocycles. The summed E-state index contributed by atoms with van der Waals surface area (Å²) in [7, 11) is 0. The summed E-state index contributed by atoms with van der Waals surface area (Å²) in [5, 5.41) is 5.28. The van der Waals surface area contributed by atoms with E-state index >= 15 is 0 Å². The maximum atomic E-state index is 13.1. The number of carbonyl (C=O) groups excluding carboxylic acids is 2. The largest absolute Gasteiger partial charge is 0.462 e. The zero-order valence-electron chi connectivity index (χ0n) is 14.3. The van der Waals surface area contributed by atoms with Gasteiger partial charge in [-0.1, -0.05) is 29.8 Å². The minimum Gasteiger partial charge on any atom is -0.462 e. The number of halogens is 2. The molecule has 0 aliphatic heterocycles. The zero-order chi connectivity index (χ0) is 19.4.